The first-order valence-electron chi connectivity index (χ1n) is 8.88. The van der Waals surface area contributed by atoms with Crippen molar-refractivity contribution in [3.63, 3.8) is 0 Å². The Labute approximate surface area is 142 Å². The number of rotatable bonds is 7. The van der Waals surface area contributed by atoms with Crippen LogP contribution in [0.3, 0.4) is 0 Å². The number of thioether (sulfide) groups is 1. The van der Waals surface area contributed by atoms with Crippen LogP contribution in [0, 0.1) is 0 Å². The Kier molecular flexibility index (Phi) is 7.40. The molecule has 1 N–H and O–H groups in total. The van der Waals surface area contributed by atoms with Crippen molar-refractivity contribution in [2.75, 3.05) is 13.1 Å². The van der Waals surface area contributed by atoms with E-state index in [0.717, 1.165) is 19.3 Å². The van der Waals surface area contributed by atoms with Gasteiger partial charge in [-0.3, -0.25) is 19.3 Å². The second-order valence-corrected chi connectivity index (χ2v) is 7.93. The first kappa shape index (κ1) is 18.3. The minimum absolute atomic E-state index is 0.0902. The molecule has 0 aromatic heterocycles. The number of imide groups is 1. The van der Waals surface area contributed by atoms with Crippen LogP contribution in [0.1, 0.15) is 64.7 Å². The lowest BCUT2D eigenvalue weighted by Gasteiger charge is -2.18. The van der Waals surface area contributed by atoms with Gasteiger partial charge in [-0.2, -0.15) is 0 Å². The fraction of sp³-hybridized carbons (Fsp3) is 0.824. The topological polar surface area (TPSA) is 66.5 Å². The van der Waals surface area contributed by atoms with E-state index in [1.165, 1.54) is 30.6 Å². The molecule has 1 atom stereocenters. The fourth-order valence-electron chi connectivity index (χ4n) is 3.17. The van der Waals surface area contributed by atoms with Crippen LogP contribution in [0.4, 0.5) is 0 Å². The molecule has 0 aromatic carbocycles. The summed E-state index contributed by atoms with van der Waals surface area (Å²) in [5, 5.41) is 3.05. The Hall–Kier alpha value is -1.04. The second kappa shape index (κ2) is 9.30. The van der Waals surface area contributed by atoms with Gasteiger partial charge in [-0.1, -0.05) is 32.6 Å². The molecule has 0 radical (unpaired) electrons. The zero-order valence-electron chi connectivity index (χ0n) is 14.0. The Bertz CT molecular complexity index is 434. The predicted octanol–water partition coefficient (Wildman–Crippen LogP) is 2.49. The maximum absolute atomic E-state index is 12.5. The highest BCUT2D eigenvalue weighted by Crippen LogP contribution is 2.34. The van der Waals surface area contributed by atoms with Gasteiger partial charge in [0.1, 0.15) is 0 Å². The van der Waals surface area contributed by atoms with E-state index in [2.05, 4.69) is 5.32 Å². The van der Waals surface area contributed by atoms with E-state index >= 15 is 0 Å². The van der Waals surface area contributed by atoms with Crippen LogP contribution in [-0.2, 0) is 14.4 Å². The predicted molar refractivity (Wildman–Crippen MR) is 92.1 cm³/mol. The SMILES string of the molecule is CCCNC(=O)CCN1C(=O)CC(SC2CCCCCC2)C1=O. The normalized spacial score (nSPS) is 23.2. The summed E-state index contributed by atoms with van der Waals surface area (Å²) < 4.78 is 0. The van der Waals surface area contributed by atoms with Crippen molar-refractivity contribution in [2.24, 2.45) is 0 Å². The summed E-state index contributed by atoms with van der Waals surface area (Å²) in [6, 6.07) is 0. The number of nitrogens with one attached hydrogen (secondary N) is 1. The quantitative estimate of drug-likeness (QED) is 0.571. The van der Waals surface area contributed by atoms with Gasteiger partial charge in [0, 0.05) is 31.2 Å². The second-order valence-electron chi connectivity index (χ2n) is 6.43. The zero-order valence-corrected chi connectivity index (χ0v) is 14.8. The van der Waals surface area contributed by atoms with Gasteiger partial charge < -0.3 is 5.32 Å². The molecule has 3 amide bonds. The molecule has 0 aromatic rings. The van der Waals surface area contributed by atoms with Crippen LogP contribution in [0.25, 0.3) is 0 Å². The average Bonchev–Trinajstić information content (AvgIpc) is 2.73. The number of likely N-dealkylation sites (tertiary alicyclic amines) is 1. The van der Waals surface area contributed by atoms with E-state index in [9.17, 15) is 14.4 Å². The molecular formula is C17H28N2O3S. The zero-order chi connectivity index (χ0) is 16.7. The Balaban J connectivity index is 1.80. The van der Waals surface area contributed by atoms with E-state index in [0.29, 0.717) is 18.2 Å². The molecule has 1 saturated carbocycles. The van der Waals surface area contributed by atoms with E-state index in [1.54, 1.807) is 11.8 Å². The molecule has 6 heteroatoms. The summed E-state index contributed by atoms with van der Waals surface area (Å²) in [5.74, 6) is -0.302. The number of amides is 3. The number of hydrogen-bond donors (Lipinski definition) is 1. The summed E-state index contributed by atoms with van der Waals surface area (Å²) in [6.07, 6.45) is 8.73. The summed E-state index contributed by atoms with van der Waals surface area (Å²) in [4.78, 5) is 37.5. The van der Waals surface area contributed by atoms with Gasteiger partial charge in [-0.15, -0.1) is 11.8 Å². The first-order chi connectivity index (χ1) is 11.1. The number of carbonyl (C=O) groups is 3. The smallest absolute Gasteiger partial charge is 0.242 e. The molecule has 1 aliphatic heterocycles. The Morgan fingerprint density at radius 1 is 1.22 bits per heavy atom. The third kappa shape index (κ3) is 5.52. The van der Waals surface area contributed by atoms with E-state index in [4.69, 9.17) is 0 Å². The highest BCUT2D eigenvalue weighted by atomic mass is 32.2. The lowest BCUT2D eigenvalue weighted by atomic mass is 10.2. The molecule has 5 nitrogen and oxygen atoms in total. The van der Waals surface area contributed by atoms with Crippen LogP contribution >= 0.6 is 11.8 Å². The molecule has 0 spiro atoms. The largest absolute Gasteiger partial charge is 0.356 e. The van der Waals surface area contributed by atoms with Crippen molar-refractivity contribution in [3.8, 4) is 0 Å². The van der Waals surface area contributed by atoms with Crippen LogP contribution in [-0.4, -0.2) is 46.2 Å². The molecule has 2 aliphatic rings. The molecule has 23 heavy (non-hydrogen) atoms. The van der Waals surface area contributed by atoms with Gasteiger partial charge in [-0.05, 0) is 19.3 Å². The summed E-state index contributed by atoms with van der Waals surface area (Å²) >= 11 is 1.69. The molecule has 130 valence electrons. The highest BCUT2D eigenvalue weighted by molar-refractivity contribution is 8.01. The molecular weight excluding hydrogens is 312 g/mol. The van der Waals surface area contributed by atoms with Crippen LogP contribution in [0.5, 0.6) is 0 Å². The molecule has 2 fully saturated rings. The molecule has 0 bridgehead atoms. The molecule has 1 unspecified atom stereocenters. The Morgan fingerprint density at radius 2 is 1.91 bits per heavy atom. The summed E-state index contributed by atoms with van der Waals surface area (Å²) in [5.41, 5.74) is 0. The third-order valence-electron chi connectivity index (χ3n) is 4.50. The van der Waals surface area contributed by atoms with Gasteiger partial charge in [0.15, 0.2) is 0 Å². The Morgan fingerprint density at radius 3 is 2.57 bits per heavy atom. The van der Waals surface area contributed by atoms with Crippen LogP contribution in [0.15, 0.2) is 0 Å². The van der Waals surface area contributed by atoms with E-state index in [-0.39, 0.29) is 35.9 Å². The monoisotopic (exact) mass is 340 g/mol. The maximum Gasteiger partial charge on any atom is 0.242 e. The van der Waals surface area contributed by atoms with E-state index < -0.39 is 0 Å². The van der Waals surface area contributed by atoms with Gasteiger partial charge in [0.05, 0.1) is 5.25 Å². The van der Waals surface area contributed by atoms with Crippen LogP contribution < -0.4 is 5.32 Å². The molecule has 1 aliphatic carbocycles. The first-order valence-corrected chi connectivity index (χ1v) is 9.82. The van der Waals surface area contributed by atoms with Crippen LogP contribution in [0.2, 0.25) is 0 Å². The van der Waals surface area contributed by atoms with Gasteiger partial charge >= 0.3 is 0 Å². The van der Waals surface area contributed by atoms with Gasteiger partial charge in [0.2, 0.25) is 17.7 Å². The fourth-order valence-corrected chi connectivity index (χ4v) is 4.72. The number of hydrogen-bond acceptors (Lipinski definition) is 4. The van der Waals surface area contributed by atoms with Crippen molar-refractivity contribution in [2.45, 2.75) is 75.2 Å². The van der Waals surface area contributed by atoms with Crippen molar-refractivity contribution in [3.05, 3.63) is 0 Å². The summed E-state index contributed by atoms with van der Waals surface area (Å²) in [7, 11) is 0. The van der Waals surface area contributed by atoms with E-state index in [1.807, 2.05) is 6.92 Å². The molecule has 1 heterocycles. The number of carbonyl (C=O) groups excluding carboxylic acids is 3. The highest BCUT2D eigenvalue weighted by Gasteiger charge is 2.39. The van der Waals surface area contributed by atoms with Crippen molar-refractivity contribution >= 4 is 29.5 Å². The van der Waals surface area contributed by atoms with Crippen molar-refractivity contribution in [1.82, 2.24) is 10.2 Å². The minimum Gasteiger partial charge on any atom is -0.356 e. The lowest BCUT2D eigenvalue weighted by molar-refractivity contribution is -0.138. The van der Waals surface area contributed by atoms with Crippen molar-refractivity contribution < 1.29 is 14.4 Å². The lowest BCUT2D eigenvalue weighted by Crippen LogP contribution is -2.36. The standard InChI is InChI=1S/C17H28N2O3S/c1-2-10-18-15(20)9-11-19-16(21)12-14(17(19)22)23-13-7-5-3-4-6-8-13/h13-14H,2-12H2,1H3,(H,18,20). The van der Waals surface area contributed by atoms with Crippen molar-refractivity contribution in [1.29, 1.82) is 0 Å². The summed E-state index contributed by atoms with van der Waals surface area (Å²) in [6.45, 7) is 2.85. The molecule has 2 rings (SSSR count). The molecule has 1 saturated heterocycles. The van der Waals surface area contributed by atoms with Gasteiger partial charge in [-0.25, -0.2) is 0 Å². The number of nitrogens with zero attached hydrogens (tertiary/aromatic N) is 1. The maximum atomic E-state index is 12.5. The van der Waals surface area contributed by atoms with Gasteiger partial charge in [0.25, 0.3) is 0 Å². The minimum atomic E-state index is -0.232. The third-order valence-corrected chi connectivity index (χ3v) is 6.05. The average molecular weight is 340 g/mol.